The molecule has 0 heterocycles. The van der Waals surface area contributed by atoms with E-state index in [-0.39, 0.29) is 0 Å². The molecule has 1 heteroatoms. The first-order valence-electron chi connectivity index (χ1n) is 6.60. The minimum absolute atomic E-state index is 0.978. The molecule has 1 N–H and O–H groups in total. The summed E-state index contributed by atoms with van der Waals surface area (Å²) in [5.41, 5.74) is 3.88. The fourth-order valence-corrected chi connectivity index (χ4v) is 2.46. The highest BCUT2D eigenvalue weighted by Crippen LogP contribution is 2.21. The first-order chi connectivity index (χ1) is 9.36. The first kappa shape index (κ1) is 11.8. The lowest BCUT2D eigenvalue weighted by molar-refractivity contribution is 1.21. The normalized spacial score (nSPS) is 10.6. The fourth-order valence-electron chi connectivity index (χ4n) is 2.46. The van der Waals surface area contributed by atoms with Crippen molar-refractivity contribution in [2.45, 2.75) is 6.42 Å². The molecule has 0 saturated carbocycles. The molecule has 0 unspecified atom stereocenters. The molecule has 0 saturated heterocycles. The van der Waals surface area contributed by atoms with Gasteiger partial charge < -0.3 is 5.32 Å². The number of nitrogens with one attached hydrogen (secondary N) is 1. The number of rotatable bonds is 3. The molecular weight excluding hydrogens is 230 g/mol. The summed E-state index contributed by atoms with van der Waals surface area (Å²) in [4.78, 5) is 0. The summed E-state index contributed by atoms with van der Waals surface area (Å²) in [6.07, 6.45) is 0.978. The lowest BCUT2D eigenvalue weighted by Gasteiger charge is -2.07. The Morgan fingerprint density at radius 1 is 0.789 bits per heavy atom. The van der Waals surface area contributed by atoms with E-state index in [0.29, 0.717) is 0 Å². The molecule has 94 valence electrons. The van der Waals surface area contributed by atoms with Crippen LogP contribution in [0.5, 0.6) is 0 Å². The predicted octanol–water partition coefficient (Wildman–Crippen LogP) is 4.47. The van der Waals surface area contributed by atoms with Gasteiger partial charge in [-0.15, -0.1) is 0 Å². The van der Waals surface area contributed by atoms with Crippen molar-refractivity contribution in [2.24, 2.45) is 0 Å². The minimum Gasteiger partial charge on any atom is -0.388 e. The summed E-state index contributed by atoms with van der Waals surface area (Å²) in [6, 6.07) is 23.7. The van der Waals surface area contributed by atoms with Gasteiger partial charge in [0.1, 0.15) is 0 Å². The molecule has 0 atom stereocenters. The van der Waals surface area contributed by atoms with Crippen molar-refractivity contribution in [1.82, 2.24) is 0 Å². The van der Waals surface area contributed by atoms with Crippen molar-refractivity contribution in [3.8, 4) is 0 Å². The van der Waals surface area contributed by atoms with E-state index in [1.54, 1.807) is 0 Å². The van der Waals surface area contributed by atoms with E-state index in [2.05, 4.69) is 72.0 Å². The zero-order valence-corrected chi connectivity index (χ0v) is 11.1. The van der Waals surface area contributed by atoms with Crippen LogP contribution in [-0.4, -0.2) is 7.05 Å². The number of benzene rings is 3. The van der Waals surface area contributed by atoms with Crippen LogP contribution in [0.3, 0.4) is 0 Å². The van der Waals surface area contributed by atoms with Crippen LogP contribution in [0.25, 0.3) is 10.8 Å². The second-order valence-electron chi connectivity index (χ2n) is 4.76. The highest BCUT2D eigenvalue weighted by Gasteiger charge is 2.01. The van der Waals surface area contributed by atoms with E-state index in [1.807, 2.05) is 7.05 Å². The molecule has 0 aliphatic heterocycles. The van der Waals surface area contributed by atoms with E-state index < -0.39 is 0 Å². The zero-order chi connectivity index (χ0) is 13.1. The van der Waals surface area contributed by atoms with E-state index in [0.717, 1.165) is 12.1 Å². The first-order valence-corrected chi connectivity index (χ1v) is 6.60. The largest absolute Gasteiger partial charge is 0.388 e. The van der Waals surface area contributed by atoms with E-state index >= 15 is 0 Å². The highest BCUT2D eigenvalue weighted by molar-refractivity contribution is 5.85. The average Bonchev–Trinajstić information content (AvgIpc) is 2.48. The van der Waals surface area contributed by atoms with Crippen molar-refractivity contribution in [1.29, 1.82) is 0 Å². The summed E-state index contributed by atoms with van der Waals surface area (Å²) >= 11 is 0. The van der Waals surface area contributed by atoms with Gasteiger partial charge in [0, 0.05) is 12.7 Å². The maximum atomic E-state index is 3.15. The average molecular weight is 247 g/mol. The van der Waals surface area contributed by atoms with Crippen LogP contribution in [0, 0.1) is 0 Å². The standard InChI is InChI=1S/C18H17N/c1-19-17-11-9-14(10-12-17)13-16-7-4-6-15-5-2-3-8-18(15)16/h2-12,19H,13H2,1H3. The van der Waals surface area contributed by atoms with E-state index in [4.69, 9.17) is 0 Å². The molecule has 0 aliphatic carbocycles. The summed E-state index contributed by atoms with van der Waals surface area (Å²) in [5.74, 6) is 0. The molecule has 0 fully saturated rings. The fraction of sp³-hybridized carbons (Fsp3) is 0.111. The Morgan fingerprint density at radius 2 is 1.53 bits per heavy atom. The van der Waals surface area contributed by atoms with Crippen LogP contribution >= 0.6 is 0 Å². The Bertz CT molecular complexity index is 678. The Kier molecular flexibility index (Phi) is 3.20. The Balaban J connectivity index is 1.96. The Hall–Kier alpha value is -2.28. The third kappa shape index (κ3) is 2.45. The van der Waals surface area contributed by atoms with Crippen LogP contribution in [0.15, 0.2) is 66.7 Å². The van der Waals surface area contributed by atoms with Gasteiger partial charge in [-0.1, -0.05) is 54.6 Å². The molecule has 3 aromatic carbocycles. The topological polar surface area (TPSA) is 12.0 Å². The van der Waals surface area contributed by atoms with Gasteiger partial charge in [0.15, 0.2) is 0 Å². The van der Waals surface area contributed by atoms with Gasteiger partial charge in [0.05, 0.1) is 0 Å². The molecule has 0 amide bonds. The summed E-state index contributed by atoms with van der Waals surface area (Å²) in [5, 5.41) is 5.81. The molecule has 1 nitrogen and oxygen atoms in total. The molecule has 3 aromatic rings. The van der Waals surface area contributed by atoms with Gasteiger partial charge in [-0.2, -0.15) is 0 Å². The summed E-state index contributed by atoms with van der Waals surface area (Å²) in [7, 11) is 1.94. The van der Waals surface area contributed by atoms with Crippen LogP contribution < -0.4 is 5.32 Å². The lowest BCUT2D eigenvalue weighted by atomic mass is 9.98. The van der Waals surface area contributed by atoms with Crippen LogP contribution in [0.1, 0.15) is 11.1 Å². The zero-order valence-electron chi connectivity index (χ0n) is 11.1. The van der Waals surface area contributed by atoms with Crippen LogP contribution in [0.4, 0.5) is 5.69 Å². The van der Waals surface area contributed by atoms with Crippen molar-refractivity contribution in [3.05, 3.63) is 77.9 Å². The lowest BCUT2D eigenvalue weighted by Crippen LogP contribution is -1.91. The molecule has 0 aliphatic rings. The summed E-state index contributed by atoms with van der Waals surface area (Å²) < 4.78 is 0. The van der Waals surface area contributed by atoms with Gasteiger partial charge in [-0.05, 0) is 40.5 Å². The molecule has 0 bridgehead atoms. The monoisotopic (exact) mass is 247 g/mol. The molecular formula is C18H17N. The van der Waals surface area contributed by atoms with Crippen LogP contribution in [-0.2, 0) is 6.42 Å². The minimum atomic E-state index is 0.978. The second-order valence-corrected chi connectivity index (χ2v) is 4.76. The third-order valence-corrected chi connectivity index (χ3v) is 3.52. The predicted molar refractivity (Wildman–Crippen MR) is 82.7 cm³/mol. The van der Waals surface area contributed by atoms with Gasteiger partial charge in [-0.3, -0.25) is 0 Å². The SMILES string of the molecule is CNc1ccc(Cc2cccc3ccccc23)cc1. The Morgan fingerprint density at radius 3 is 2.32 bits per heavy atom. The highest BCUT2D eigenvalue weighted by atomic mass is 14.8. The van der Waals surface area contributed by atoms with Crippen molar-refractivity contribution < 1.29 is 0 Å². The van der Waals surface area contributed by atoms with Gasteiger partial charge in [0.2, 0.25) is 0 Å². The third-order valence-electron chi connectivity index (χ3n) is 3.52. The van der Waals surface area contributed by atoms with Gasteiger partial charge >= 0.3 is 0 Å². The molecule has 0 aromatic heterocycles. The van der Waals surface area contributed by atoms with Crippen molar-refractivity contribution in [3.63, 3.8) is 0 Å². The number of fused-ring (bicyclic) bond motifs is 1. The molecule has 3 rings (SSSR count). The maximum absolute atomic E-state index is 3.15. The number of hydrogen-bond acceptors (Lipinski definition) is 1. The molecule has 0 radical (unpaired) electrons. The van der Waals surface area contributed by atoms with Crippen molar-refractivity contribution >= 4 is 16.5 Å². The molecule has 0 spiro atoms. The smallest absolute Gasteiger partial charge is 0.0337 e. The van der Waals surface area contributed by atoms with Crippen LogP contribution in [0.2, 0.25) is 0 Å². The second kappa shape index (κ2) is 5.15. The quantitative estimate of drug-likeness (QED) is 0.720. The number of hydrogen-bond donors (Lipinski definition) is 1. The van der Waals surface area contributed by atoms with Gasteiger partial charge in [-0.25, -0.2) is 0 Å². The summed E-state index contributed by atoms with van der Waals surface area (Å²) in [6.45, 7) is 0. The maximum Gasteiger partial charge on any atom is 0.0337 e. The Labute approximate surface area is 113 Å². The number of anilines is 1. The van der Waals surface area contributed by atoms with E-state index in [1.165, 1.54) is 21.9 Å². The molecule has 19 heavy (non-hydrogen) atoms. The van der Waals surface area contributed by atoms with Gasteiger partial charge in [0.25, 0.3) is 0 Å². The van der Waals surface area contributed by atoms with Crippen molar-refractivity contribution in [2.75, 3.05) is 12.4 Å². The van der Waals surface area contributed by atoms with E-state index in [9.17, 15) is 0 Å².